The largest absolute Gasteiger partial charge is 0.493 e. The Morgan fingerprint density at radius 2 is 1.82 bits per heavy atom. The Balaban J connectivity index is 1.83. The van der Waals surface area contributed by atoms with Gasteiger partial charge in [0.2, 0.25) is 0 Å². The molecule has 0 aromatic heterocycles. The number of aryl methyl sites for hydroxylation is 1. The number of benzene rings is 3. The molecule has 5 nitrogen and oxygen atoms in total. The van der Waals surface area contributed by atoms with E-state index in [0.29, 0.717) is 39.4 Å². The van der Waals surface area contributed by atoms with Gasteiger partial charge in [0.25, 0.3) is 5.91 Å². The van der Waals surface area contributed by atoms with Crippen LogP contribution in [0.5, 0.6) is 11.5 Å². The summed E-state index contributed by atoms with van der Waals surface area (Å²) in [6.45, 7) is 2.18. The van der Waals surface area contributed by atoms with Gasteiger partial charge in [-0.2, -0.15) is 5.26 Å². The summed E-state index contributed by atoms with van der Waals surface area (Å²) in [5, 5.41) is 13.5. The molecule has 33 heavy (non-hydrogen) atoms. The molecule has 3 aromatic rings. The van der Waals surface area contributed by atoms with Crippen LogP contribution in [0.3, 0.4) is 0 Å². The number of methoxy groups -OCH3 is 1. The number of halogens is 3. The van der Waals surface area contributed by atoms with Crippen molar-refractivity contribution in [3.63, 3.8) is 0 Å². The predicted octanol–water partition coefficient (Wildman–Crippen LogP) is 7.04. The summed E-state index contributed by atoms with van der Waals surface area (Å²) in [4.78, 5) is 12.7. The summed E-state index contributed by atoms with van der Waals surface area (Å²) in [5.41, 5.74) is 2.92. The minimum absolute atomic E-state index is 0.0536. The van der Waals surface area contributed by atoms with E-state index in [4.69, 9.17) is 32.7 Å². The van der Waals surface area contributed by atoms with Crippen LogP contribution in [-0.4, -0.2) is 13.0 Å². The highest BCUT2D eigenvalue weighted by Crippen LogP contribution is 2.35. The molecule has 3 aromatic carbocycles. The topological polar surface area (TPSA) is 71.3 Å². The third kappa shape index (κ3) is 6.64. The first kappa shape index (κ1) is 24.9. The lowest BCUT2D eigenvalue weighted by Gasteiger charge is -2.14. The van der Waals surface area contributed by atoms with Crippen molar-refractivity contribution in [1.29, 1.82) is 5.26 Å². The van der Waals surface area contributed by atoms with E-state index in [1.807, 2.05) is 31.2 Å². The third-order valence-electron chi connectivity index (χ3n) is 4.67. The van der Waals surface area contributed by atoms with Crippen molar-refractivity contribution in [1.82, 2.24) is 0 Å². The number of carbonyl (C=O) groups is 1. The summed E-state index contributed by atoms with van der Waals surface area (Å²) in [6, 6.07) is 18.0. The number of anilines is 1. The Bertz CT molecular complexity index is 1250. The molecule has 0 aliphatic carbocycles. The highest BCUT2D eigenvalue weighted by molar-refractivity contribution is 14.1. The summed E-state index contributed by atoms with van der Waals surface area (Å²) >= 11 is 14.1. The third-order valence-corrected chi connectivity index (χ3v) is 5.96. The van der Waals surface area contributed by atoms with Gasteiger partial charge in [-0.15, -0.1) is 0 Å². The highest BCUT2D eigenvalue weighted by Gasteiger charge is 2.15. The Kier molecular flexibility index (Phi) is 8.61. The molecule has 0 radical (unpaired) electrons. The van der Waals surface area contributed by atoms with Gasteiger partial charge < -0.3 is 14.8 Å². The molecule has 0 atom stereocenters. The molecule has 1 N–H and O–H groups in total. The van der Waals surface area contributed by atoms with Crippen LogP contribution in [0.4, 0.5) is 5.69 Å². The molecule has 0 spiro atoms. The lowest BCUT2D eigenvalue weighted by Crippen LogP contribution is -2.14. The van der Waals surface area contributed by atoms with Gasteiger partial charge in [0.1, 0.15) is 18.2 Å². The number of hydrogen-bond acceptors (Lipinski definition) is 4. The van der Waals surface area contributed by atoms with E-state index in [0.717, 1.165) is 14.7 Å². The number of nitrogens with one attached hydrogen (secondary N) is 1. The minimum atomic E-state index is -0.528. The molecule has 0 unspecified atom stereocenters. The van der Waals surface area contributed by atoms with E-state index in [9.17, 15) is 10.1 Å². The van der Waals surface area contributed by atoms with Gasteiger partial charge >= 0.3 is 0 Å². The molecular weight excluding hydrogens is 574 g/mol. The quantitative estimate of drug-likeness (QED) is 0.181. The first-order chi connectivity index (χ1) is 15.8. The van der Waals surface area contributed by atoms with Crippen LogP contribution in [0.25, 0.3) is 6.08 Å². The number of carbonyl (C=O) groups excluding carboxylic acids is 1. The summed E-state index contributed by atoms with van der Waals surface area (Å²) in [7, 11) is 1.54. The van der Waals surface area contributed by atoms with Gasteiger partial charge in [0.15, 0.2) is 11.5 Å². The molecule has 3 rings (SSSR count). The van der Waals surface area contributed by atoms with E-state index in [2.05, 4.69) is 27.9 Å². The van der Waals surface area contributed by atoms with Crippen LogP contribution in [0.1, 0.15) is 16.7 Å². The SMILES string of the molecule is COc1cc(/C=C(\C#N)C(=O)Nc2cc(Cl)ccc2C)cc(I)c1OCc1ccc(Cl)cc1. The second-order valence-corrected chi connectivity index (χ2v) is 9.07. The number of rotatable bonds is 7. The summed E-state index contributed by atoms with van der Waals surface area (Å²) < 4.78 is 12.2. The van der Waals surface area contributed by atoms with Crippen molar-refractivity contribution >= 4 is 63.5 Å². The molecule has 0 fully saturated rings. The number of hydrogen-bond donors (Lipinski definition) is 1. The Hall–Kier alpha value is -2.73. The van der Waals surface area contributed by atoms with Gasteiger partial charge in [-0.25, -0.2) is 0 Å². The zero-order chi connectivity index (χ0) is 24.0. The Labute approximate surface area is 216 Å². The summed E-state index contributed by atoms with van der Waals surface area (Å²) in [6.07, 6.45) is 1.50. The van der Waals surface area contributed by atoms with Crippen molar-refractivity contribution in [2.75, 3.05) is 12.4 Å². The van der Waals surface area contributed by atoms with Crippen LogP contribution in [-0.2, 0) is 11.4 Å². The molecule has 0 saturated carbocycles. The van der Waals surface area contributed by atoms with E-state index in [-0.39, 0.29) is 5.57 Å². The lowest BCUT2D eigenvalue weighted by atomic mass is 10.1. The van der Waals surface area contributed by atoms with Crippen molar-refractivity contribution in [2.45, 2.75) is 13.5 Å². The van der Waals surface area contributed by atoms with Crippen molar-refractivity contribution in [2.24, 2.45) is 0 Å². The fourth-order valence-electron chi connectivity index (χ4n) is 2.93. The van der Waals surface area contributed by atoms with Crippen LogP contribution in [0, 0.1) is 21.8 Å². The lowest BCUT2D eigenvalue weighted by molar-refractivity contribution is -0.112. The molecule has 168 valence electrons. The Morgan fingerprint density at radius 1 is 1.12 bits per heavy atom. The predicted molar refractivity (Wildman–Crippen MR) is 140 cm³/mol. The number of ether oxygens (including phenoxy) is 2. The second kappa shape index (κ2) is 11.4. The minimum Gasteiger partial charge on any atom is -0.493 e. The van der Waals surface area contributed by atoms with Crippen molar-refractivity contribution in [3.8, 4) is 17.6 Å². The van der Waals surface area contributed by atoms with Gasteiger partial charge in [-0.1, -0.05) is 41.4 Å². The fraction of sp³-hybridized carbons (Fsp3) is 0.120. The van der Waals surface area contributed by atoms with E-state index < -0.39 is 5.91 Å². The fourth-order valence-corrected chi connectivity index (χ4v) is 4.01. The van der Waals surface area contributed by atoms with Gasteiger partial charge in [-0.3, -0.25) is 4.79 Å². The number of nitrogens with zero attached hydrogens (tertiary/aromatic N) is 1. The van der Waals surface area contributed by atoms with E-state index >= 15 is 0 Å². The second-order valence-electron chi connectivity index (χ2n) is 7.03. The van der Waals surface area contributed by atoms with E-state index in [1.54, 1.807) is 36.4 Å². The van der Waals surface area contributed by atoms with Crippen LogP contribution in [0.15, 0.2) is 60.2 Å². The maximum Gasteiger partial charge on any atom is 0.266 e. The monoisotopic (exact) mass is 592 g/mol. The molecule has 1 amide bonds. The molecule has 0 saturated heterocycles. The standard InChI is InChI=1S/C25H19Cl2IN2O3/c1-15-3-6-20(27)12-22(15)30-25(31)18(13-29)9-17-10-21(28)24(23(11-17)32-2)33-14-16-4-7-19(26)8-5-16/h3-12H,14H2,1-2H3,(H,30,31)/b18-9+. The average Bonchev–Trinajstić information content (AvgIpc) is 2.79. The zero-order valence-electron chi connectivity index (χ0n) is 17.8. The maximum atomic E-state index is 12.7. The van der Waals surface area contributed by atoms with Gasteiger partial charge in [-0.05, 0) is 88.7 Å². The van der Waals surface area contributed by atoms with Crippen LogP contribution < -0.4 is 14.8 Å². The Morgan fingerprint density at radius 3 is 2.48 bits per heavy atom. The van der Waals surface area contributed by atoms with Gasteiger partial charge in [0.05, 0.1) is 10.7 Å². The highest BCUT2D eigenvalue weighted by atomic mass is 127. The normalized spacial score (nSPS) is 11.0. The average molecular weight is 593 g/mol. The summed E-state index contributed by atoms with van der Waals surface area (Å²) in [5.74, 6) is 0.535. The molecule has 0 aliphatic rings. The van der Waals surface area contributed by atoms with Crippen LogP contribution in [0.2, 0.25) is 10.0 Å². The molecule has 0 heterocycles. The molecule has 0 aliphatic heterocycles. The molecule has 0 bridgehead atoms. The molecule has 8 heteroatoms. The van der Waals surface area contributed by atoms with Crippen molar-refractivity contribution < 1.29 is 14.3 Å². The van der Waals surface area contributed by atoms with Crippen LogP contribution >= 0.6 is 45.8 Å². The maximum absolute atomic E-state index is 12.7. The first-order valence-electron chi connectivity index (χ1n) is 9.74. The molecular formula is C25H19Cl2IN2O3. The van der Waals surface area contributed by atoms with Crippen molar-refractivity contribution in [3.05, 3.63) is 90.5 Å². The van der Waals surface area contributed by atoms with Gasteiger partial charge in [0, 0.05) is 15.7 Å². The zero-order valence-corrected chi connectivity index (χ0v) is 21.5. The smallest absolute Gasteiger partial charge is 0.266 e. The first-order valence-corrected chi connectivity index (χ1v) is 11.6. The van der Waals surface area contributed by atoms with E-state index in [1.165, 1.54) is 13.2 Å². The number of amides is 1. The number of nitriles is 1.